The van der Waals surface area contributed by atoms with E-state index in [2.05, 4.69) is 21.2 Å². The van der Waals surface area contributed by atoms with Gasteiger partial charge in [0, 0.05) is 15.9 Å². The molecule has 0 bridgehead atoms. The summed E-state index contributed by atoms with van der Waals surface area (Å²) in [6.07, 6.45) is 3.88. The molecule has 0 unspecified atom stereocenters. The molecule has 1 aliphatic rings. The molecule has 1 aromatic carbocycles. The number of anilines is 1. The summed E-state index contributed by atoms with van der Waals surface area (Å²) in [5, 5.41) is 12.5. The van der Waals surface area contributed by atoms with Crippen molar-refractivity contribution in [2.24, 2.45) is 5.41 Å². The molecule has 0 spiro atoms. The van der Waals surface area contributed by atoms with Crippen LogP contribution in [0.3, 0.4) is 0 Å². The van der Waals surface area contributed by atoms with Gasteiger partial charge in [0.05, 0.1) is 12.1 Å². The van der Waals surface area contributed by atoms with E-state index in [1.54, 1.807) is 18.2 Å². The number of carbonyl (C=O) groups is 2. The zero-order chi connectivity index (χ0) is 15.5. The molecule has 114 valence electrons. The number of aliphatic carboxylic acids is 1. The lowest BCUT2D eigenvalue weighted by molar-refractivity contribution is -0.140. The standard InChI is InChI=1S/C15H17BrClNO3/c16-11-7-10(17)3-4-12(11)18-13(19)8-15(9-14(20)21)5-1-2-6-15/h3-4,7H,1-2,5-6,8-9H2,(H,18,19)(H,20,21). The molecule has 1 saturated carbocycles. The van der Waals surface area contributed by atoms with Crippen LogP contribution in [0.15, 0.2) is 22.7 Å². The zero-order valence-electron chi connectivity index (χ0n) is 11.5. The highest BCUT2D eigenvalue weighted by molar-refractivity contribution is 9.10. The molecule has 4 nitrogen and oxygen atoms in total. The predicted molar refractivity (Wildman–Crippen MR) is 85.6 cm³/mol. The maximum Gasteiger partial charge on any atom is 0.303 e. The number of rotatable bonds is 5. The lowest BCUT2D eigenvalue weighted by atomic mass is 9.79. The summed E-state index contributed by atoms with van der Waals surface area (Å²) < 4.78 is 0.710. The summed E-state index contributed by atoms with van der Waals surface area (Å²) in [4.78, 5) is 23.3. The Bertz CT molecular complexity index is 556. The van der Waals surface area contributed by atoms with Crippen molar-refractivity contribution >= 4 is 45.1 Å². The maximum atomic E-state index is 12.2. The van der Waals surface area contributed by atoms with E-state index < -0.39 is 11.4 Å². The monoisotopic (exact) mass is 373 g/mol. The molecule has 1 fully saturated rings. The van der Waals surface area contributed by atoms with Gasteiger partial charge in [-0.25, -0.2) is 0 Å². The first-order chi connectivity index (χ1) is 9.90. The lowest BCUT2D eigenvalue weighted by Crippen LogP contribution is -2.27. The number of carbonyl (C=O) groups excluding carboxylic acids is 1. The first-order valence-electron chi connectivity index (χ1n) is 6.87. The van der Waals surface area contributed by atoms with Gasteiger partial charge in [0.2, 0.25) is 5.91 Å². The first-order valence-corrected chi connectivity index (χ1v) is 8.04. The van der Waals surface area contributed by atoms with Crippen LogP contribution in [-0.2, 0) is 9.59 Å². The highest BCUT2D eigenvalue weighted by Gasteiger charge is 2.38. The Hall–Kier alpha value is -1.07. The molecule has 0 atom stereocenters. The lowest BCUT2D eigenvalue weighted by Gasteiger charge is -2.26. The van der Waals surface area contributed by atoms with Gasteiger partial charge < -0.3 is 10.4 Å². The molecule has 0 heterocycles. The maximum absolute atomic E-state index is 12.2. The fourth-order valence-electron chi connectivity index (χ4n) is 2.99. The third-order valence-corrected chi connectivity index (χ3v) is 4.82. The number of carboxylic acid groups (broad SMARTS) is 1. The predicted octanol–water partition coefficient (Wildman–Crippen LogP) is 4.47. The summed E-state index contributed by atoms with van der Waals surface area (Å²) in [5.41, 5.74) is 0.252. The highest BCUT2D eigenvalue weighted by Crippen LogP contribution is 2.44. The average Bonchev–Trinajstić information content (AvgIpc) is 2.80. The summed E-state index contributed by atoms with van der Waals surface area (Å²) in [6.45, 7) is 0. The van der Waals surface area contributed by atoms with Crippen molar-refractivity contribution in [1.29, 1.82) is 0 Å². The van der Waals surface area contributed by atoms with Crippen LogP contribution in [0, 0.1) is 5.41 Å². The highest BCUT2D eigenvalue weighted by atomic mass is 79.9. The van der Waals surface area contributed by atoms with E-state index in [4.69, 9.17) is 16.7 Å². The van der Waals surface area contributed by atoms with Crippen molar-refractivity contribution in [1.82, 2.24) is 0 Å². The molecule has 1 aliphatic carbocycles. The minimum atomic E-state index is -0.836. The van der Waals surface area contributed by atoms with Gasteiger partial charge in [-0.15, -0.1) is 0 Å². The van der Waals surface area contributed by atoms with Crippen molar-refractivity contribution < 1.29 is 14.7 Å². The molecule has 0 aliphatic heterocycles. The van der Waals surface area contributed by atoms with E-state index in [0.29, 0.717) is 15.2 Å². The zero-order valence-corrected chi connectivity index (χ0v) is 13.8. The SMILES string of the molecule is O=C(O)CC1(CC(=O)Nc2ccc(Cl)cc2Br)CCCC1. The second-order valence-corrected chi connectivity index (χ2v) is 6.92. The Balaban J connectivity index is 2.04. The second-order valence-electron chi connectivity index (χ2n) is 5.63. The van der Waals surface area contributed by atoms with E-state index in [1.165, 1.54) is 0 Å². The molecule has 0 aromatic heterocycles. The van der Waals surface area contributed by atoms with Crippen LogP contribution in [0.2, 0.25) is 5.02 Å². The van der Waals surface area contributed by atoms with Crippen molar-refractivity contribution in [2.45, 2.75) is 38.5 Å². The van der Waals surface area contributed by atoms with Gasteiger partial charge in [0.15, 0.2) is 0 Å². The number of hydrogen-bond donors (Lipinski definition) is 2. The minimum Gasteiger partial charge on any atom is -0.481 e. The topological polar surface area (TPSA) is 66.4 Å². The van der Waals surface area contributed by atoms with Crippen LogP contribution in [0.1, 0.15) is 38.5 Å². The largest absolute Gasteiger partial charge is 0.481 e. The Kier molecular flexibility index (Phi) is 5.27. The number of carboxylic acids is 1. The third-order valence-electron chi connectivity index (χ3n) is 3.93. The molecule has 21 heavy (non-hydrogen) atoms. The number of nitrogens with one attached hydrogen (secondary N) is 1. The quantitative estimate of drug-likeness (QED) is 0.799. The number of hydrogen-bond acceptors (Lipinski definition) is 2. The van der Waals surface area contributed by atoms with Gasteiger partial charge in [0.1, 0.15) is 0 Å². The van der Waals surface area contributed by atoms with E-state index in [1.807, 2.05) is 0 Å². The van der Waals surface area contributed by atoms with Gasteiger partial charge in [0.25, 0.3) is 0 Å². The molecule has 0 radical (unpaired) electrons. The first kappa shape index (κ1) is 16.3. The Morgan fingerprint density at radius 2 is 1.95 bits per heavy atom. The number of benzene rings is 1. The average molecular weight is 375 g/mol. The van der Waals surface area contributed by atoms with Gasteiger partial charge in [-0.1, -0.05) is 24.4 Å². The number of amides is 1. The van der Waals surface area contributed by atoms with Crippen LogP contribution in [0.4, 0.5) is 5.69 Å². The van der Waals surface area contributed by atoms with E-state index >= 15 is 0 Å². The molecular weight excluding hydrogens is 358 g/mol. The van der Waals surface area contributed by atoms with Gasteiger partial charge in [-0.3, -0.25) is 9.59 Å². The van der Waals surface area contributed by atoms with Crippen LogP contribution >= 0.6 is 27.5 Å². The number of halogens is 2. The van der Waals surface area contributed by atoms with E-state index in [9.17, 15) is 9.59 Å². The molecule has 1 amide bonds. The smallest absolute Gasteiger partial charge is 0.303 e. The molecular formula is C15H17BrClNO3. The summed E-state index contributed by atoms with van der Waals surface area (Å²) in [5.74, 6) is -0.987. The Labute approximate surface area is 137 Å². The third kappa shape index (κ3) is 4.45. The van der Waals surface area contributed by atoms with Crippen molar-refractivity contribution in [3.8, 4) is 0 Å². The summed E-state index contributed by atoms with van der Waals surface area (Å²) >= 11 is 9.21. The molecule has 6 heteroatoms. The van der Waals surface area contributed by atoms with Gasteiger partial charge in [-0.05, 0) is 52.4 Å². The van der Waals surface area contributed by atoms with E-state index in [0.717, 1.165) is 25.7 Å². The Morgan fingerprint density at radius 1 is 1.29 bits per heavy atom. The van der Waals surface area contributed by atoms with Crippen LogP contribution < -0.4 is 5.32 Å². The van der Waals surface area contributed by atoms with Gasteiger partial charge in [-0.2, -0.15) is 0 Å². The van der Waals surface area contributed by atoms with Gasteiger partial charge >= 0.3 is 5.97 Å². The molecule has 0 saturated heterocycles. The van der Waals surface area contributed by atoms with E-state index in [-0.39, 0.29) is 18.7 Å². The normalized spacial score (nSPS) is 16.7. The van der Waals surface area contributed by atoms with Crippen molar-refractivity contribution in [2.75, 3.05) is 5.32 Å². The van der Waals surface area contributed by atoms with Crippen molar-refractivity contribution in [3.05, 3.63) is 27.7 Å². The molecule has 1 aromatic rings. The summed E-state index contributed by atoms with van der Waals surface area (Å²) in [6, 6.07) is 5.13. The van der Waals surface area contributed by atoms with Crippen LogP contribution in [0.25, 0.3) is 0 Å². The van der Waals surface area contributed by atoms with Crippen LogP contribution in [-0.4, -0.2) is 17.0 Å². The van der Waals surface area contributed by atoms with Crippen molar-refractivity contribution in [3.63, 3.8) is 0 Å². The minimum absolute atomic E-state index is 0.0577. The fraction of sp³-hybridized carbons (Fsp3) is 0.467. The Morgan fingerprint density at radius 3 is 2.52 bits per heavy atom. The summed E-state index contributed by atoms with van der Waals surface area (Å²) in [7, 11) is 0. The second kappa shape index (κ2) is 6.79. The molecule has 2 rings (SSSR count). The molecule has 2 N–H and O–H groups in total. The van der Waals surface area contributed by atoms with Crippen LogP contribution in [0.5, 0.6) is 0 Å². The fourth-order valence-corrected chi connectivity index (χ4v) is 3.77.